The number of hydrogen-bond donors (Lipinski definition) is 1. The Morgan fingerprint density at radius 1 is 1.12 bits per heavy atom. The number of rotatable bonds is 7. The normalized spacial score (nSPS) is 12.7. The first-order chi connectivity index (χ1) is 8.19. The lowest BCUT2D eigenvalue weighted by Gasteiger charge is -2.18. The summed E-state index contributed by atoms with van der Waals surface area (Å²) < 4.78 is 0. The van der Waals surface area contributed by atoms with Crippen molar-refractivity contribution in [2.45, 2.75) is 59.4 Å². The predicted octanol–water partition coefficient (Wildman–Crippen LogP) is 4.01. The van der Waals surface area contributed by atoms with Gasteiger partial charge in [-0.25, -0.2) is 0 Å². The zero-order valence-corrected chi connectivity index (χ0v) is 11.8. The lowest BCUT2D eigenvalue weighted by Crippen LogP contribution is -2.29. The zero-order chi connectivity index (χ0) is 12.7. The molecular weight excluding hydrogens is 206 g/mol. The third kappa shape index (κ3) is 4.51. The predicted molar refractivity (Wildman–Crippen MR) is 76.6 cm³/mol. The van der Waals surface area contributed by atoms with E-state index in [4.69, 9.17) is 0 Å². The molecule has 0 heterocycles. The summed E-state index contributed by atoms with van der Waals surface area (Å²) in [5.41, 5.74) is 4.43. The van der Waals surface area contributed by atoms with Gasteiger partial charge in [0.2, 0.25) is 0 Å². The molecule has 0 spiro atoms. The summed E-state index contributed by atoms with van der Waals surface area (Å²) in [5, 5.41) is 3.63. The smallest absolute Gasteiger partial charge is 0.00676 e. The molecule has 96 valence electrons. The molecule has 0 radical (unpaired) electrons. The van der Waals surface area contributed by atoms with Crippen LogP contribution >= 0.6 is 0 Å². The van der Waals surface area contributed by atoms with Crippen LogP contribution in [0.5, 0.6) is 0 Å². The Morgan fingerprint density at radius 2 is 1.76 bits per heavy atom. The van der Waals surface area contributed by atoms with Gasteiger partial charge >= 0.3 is 0 Å². The Bertz CT molecular complexity index is 310. The van der Waals surface area contributed by atoms with E-state index in [0.717, 1.165) is 6.54 Å². The van der Waals surface area contributed by atoms with E-state index in [1.807, 2.05) is 0 Å². The molecule has 1 nitrogen and oxygen atoms in total. The van der Waals surface area contributed by atoms with Crippen molar-refractivity contribution in [3.63, 3.8) is 0 Å². The van der Waals surface area contributed by atoms with Crippen LogP contribution in [0, 0.1) is 13.8 Å². The third-order valence-corrected chi connectivity index (χ3v) is 3.56. The molecule has 0 aliphatic rings. The van der Waals surface area contributed by atoms with E-state index in [-0.39, 0.29) is 0 Å². The fourth-order valence-electron chi connectivity index (χ4n) is 2.36. The maximum Gasteiger partial charge on any atom is 0.00676 e. The van der Waals surface area contributed by atoms with Crippen LogP contribution in [0.1, 0.15) is 49.8 Å². The van der Waals surface area contributed by atoms with Gasteiger partial charge in [-0.1, -0.05) is 32.0 Å². The van der Waals surface area contributed by atoms with E-state index < -0.39 is 0 Å². The van der Waals surface area contributed by atoms with Crippen LogP contribution in [0.25, 0.3) is 0 Å². The van der Waals surface area contributed by atoms with Crippen molar-refractivity contribution in [1.29, 1.82) is 0 Å². The van der Waals surface area contributed by atoms with Crippen LogP contribution in [0.15, 0.2) is 18.2 Å². The van der Waals surface area contributed by atoms with Gasteiger partial charge in [0, 0.05) is 6.04 Å². The van der Waals surface area contributed by atoms with Crippen molar-refractivity contribution in [2.75, 3.05) is 6.54 Å². The zero-order valence-electron chi connectivity index (χ0n) is 11.8. The van der Waals surface area contributed by atoms with Crippen molar-refractivity contribution in [1.82, 2.24) is 5.32 Å². The monoisotopic (exact) mass is 233 g/mol. The highest BCUT2D eigenvalue weighted by Crippen LogP contribution is 2.16. The fraction of sp³-hybridized carbons (Fsp3) is 0.625. The van der Waals surface area contributed by atoms with Crippen molar-refractivity contribution in [3.8, 4) is 0 Å². The van der Waals surface area contributed by atoms with Crippen LogP contribution in [0.4, 0.5) is 0 Å². The van der Waals surface area contributed by atoms with Crippen LogP contribution in [0.2, 0.25) is 0 Å². The minimum absolute atomic E-state index is 0.675. The summed E-state index contributed by atoms with van der Waals surface area (Å²) in [6.45, 7) is 10.1. The molecule has 0 amide bonds. The van der Waals surface area contributed by atoms with Gasteiger partial charge in [0.15, 0.2) is 0 Å². The largest absolute Gasteiger partial charge is 0.314 e. The van der Waals surface area contributed by atoms with E-state index in [2.05, 4.69) is 51.2 Å². The summed E-state index contributed by atoms with van der Waals surface area (Å²) in [6.07, 6.45) is 4.90. The molecule has 1 atom stereocenters. The summed E-state index contributed by atoms with van der Waals surface area (Å²) in [4.78, 5) is 0. The Morgan fingerprint density at radius 3 is 2.29 bits per heavy atom. The quantitative estimate of drug-likeness (QED) is 0.750. The Kier molecular flexibility index (Phi) is 6.28. The third-order valence-electron chi connectivity index (χ3n) is 3.56. The molecule has 0 aliphatic carbocycles. The molecule has 0 saturated heterocycles. The van der Waals surface area contributed by atoms with Crippen LogP contribution in [-0.4, -0.2) is 12.6 Å². The second kappa shape index (κ2) is 7.50. The highest BCUT2D eigenvalue weighted by atomic mass is 14.9. The lowest BCUT2D eigenvalue weighted by molar-refractivity contribution is 0.468. The van der Waals surface area contributed by atoms with E-state index in [1.165, 1.54) is 36.8 Å². The summed E-state index contributed by atoms with van der Waals surface area (Å²) in [5.74, 6) is 0. The summed E-state index contributed by atoms with van der Waals surface area (Å²) >= 11 is 0. The average Bonchev–Trinajstić information content (AvgIpc) is 2.32. The fourth-order valence-corrected chi connectivity index (χ4v) is 2.36. The molecule has 17 heavy (non-hydrogen) atoms. The van der Waals surface area contributed by atoms with Crippen LogP contribution in [-0.2, 0) is 6.42 Å². The molecule has 1 heteroatoms. The van der Waals surface area contributed by atoms with Gasteiger partial charge in [-0.3, -0.25) is 0 Å². The van der Waals surface area contributed by atoms with Crippen molar-refractivity contribution >= 4 is 0 Å². The standard InChI is InChI=1S/C16H27N/c1-5-12-17-15(6-2)10-11-16-13(3)8-7-9-14(16)4/h7-9,15,17H,5-6,10-12H2,1-4H3. The molecule has 1 unspecified atom stereocenters. The minimum Gasteiger partial charge on any atom is -0.314 e. The minimum atomic E-state index is 0.675. The van der Waals surface area contributed by atoms with E-state index in [9.17, 15) is 0 Å². The van der Waals surface area contributed by atoms with Crippen molar-refractivity contribution in [2.24, 2.45) is 0 Å². The van der Waals surface area contributed by atoms with Gasteiger partial charge in [-0.2, -0.15) is 0 Å². The topological polar surface area (TPSA) is 12.0 Å². The van der Waals surface area contributed by atoms with Gasteiger partial charge in [0.05, 0.1) is 0 Å². The van der Waals surface area contributed by atoms with Crippen molar-refractivity contribution < 1.29 is 0 Å². The highest BCUT2D eigenvalue weighted by Gasteiger charge is 2.07. The molecule has 0 bridgehead atoms. The highest BCUT2D eigenvalue weighted by molar-refractivity contribution is 5.33. The first kappa shape index (κ1) is 14.2. The first-order valence-corrected chi connectivity index (χ1v) is 6.97. The van der Waals surface area contributed by atoms with E-state index in [1.54, 1.807) is 5.56 Å². The molecule has 0 aromatic heterocycles. The average molecular weight is 233 g/mol. The van der Waals surface area contributed by atoms with E-state index >= 15 is 0 Å². The molecule has 1 aromatic carbocycles. The molecule has 0 saturated carbocycles. The molecular formula is C16H27N. The Hall–Kier alpha value is -0.820. The molecule has 0 fully saturated rings. The van der Waals surface area contributed by atoms with E-state index in [0.29, 0.717) is 6.04 Å². The molecule has 1 N–H and O–H groups in total. The van der Waals surface area contributed by atoms with Crippen molar-refractivity contribution in [3.05, 3.63) is 34.9 Å². The Labute approximate surface area is 107 Å². The molecule has 0 aliphatic heterocycles. The maximum atomic E-state index is 3.63. The number of nitrogens with one attached hydrogen (secondary N) is 1. The second-order valence-electron chi connectivity index (χ2n) is 4.97. The summed E-state index contributed by atoms with van der Waals surface area (Å²) in [6, 6.07) is 7.28. The van der Waals surface area contributed by atoms with Gasteiger partial charge < -0.3 is 5.32 Å². The molecule has 1 rings (SSSR count). The number of aryl methyl sites for hydroxylation is 2. The number of benzene rings is 1. The van der Waals surface area contributed by atoms with Gasteiger partial charge in [0.1, 0.15) is 0 Å². The van der Waals surface area contributed by atoms with Crippen LogP contribution in [0.3, 0.4) is 0 Å². The number of hydrogen-bond acceptors (Lipinski definition) is 1. The summed E-state index contributed by atoms with van der Waals surface area (Å²) in [7, 11) is 0. The van der Waals surface area contributed by atoms with Gasteiger partial charge in [-0.15, -0.1) is 0 Å². The van der Waals surface area contributed by atoms with Gasteiger partial charge in [-0.05, 0) is 62.8 Å². The Balaban J connectivity index is 2.53. The van der Waals surface area contributed by atoms with Gasteiger partial charge in [0.25, 0.3) is 0 Å². The molecule has 1 aromatic rings. The SMILES string of the molecule is CCCNC(CC)CCc1c(C)cccc1C. The lowest BCUT2D eigenvalue weighted by atomic mass is 9.96. The maximum absolute atomic E-state index is 3.63. The second-order valence-corrected chi connectivity index (χ2v) is 4.97. The first-order valence-electron chi connectivity index (χ1n) is 6.97. The van der Waals surface area contributed by atoms with Crippen LogP contribution < -0.4 is 5.32 Å².